The van der Waals surface area contributed by atoms with Crippen LogP contribution in [-0.2, 0) is 0 Å². The van der Waals surface area contributed by atoms with Gasteiger partial charge in [0.05, 0.1) is 6.61 Å². The van der Waals surface area contributed by atoms with Crippen LogP contribution in [0.15, 0.2) is 18.2 Å². The lowest BCUT2D eigenvalue weighted by molar-refractivity contribution is 0.0697. The Labute approximate surface area is 109 Å². The molecule has 0 fully saturated rings. The van der Waals surface area contributed by atoms with Gasteiger partial charge in [-0.1, -0.05) is 0 Å². The van der Waals surface area contributed by atoms with E-state index in [-0.39, 0.29) is 17.0 Å². The Balaban J connectivity index is 2.48. The number of H-pyrrole nitrogens is 1. The minimum absolute atomic E-state index is 0.0450. The van der Waals surface area contributed by atoms with Crippen LogP contribution in [0.3, 0.4) is 0 Å². The number of ether oxygens (including phenoxy) is 1. The highest BCUT2D eigenvalue weighted by molar-refractivity contribution is 5.96. The molecule has 6 heteroatoms. The third-order valence-electron chi connectivity index (χ3n) is 2.67. The molecule has 5 nitrogen and oxygen atoms in total. The number of carboxylic acid groups (broad SMARTS) is 1. The van der Waals surface area contributed by atoms with Gasteiger partial charge in [0.15, 0.2) is 11.6 Å². The molecule has 2 aromatic rings. The first-order valence-corrected chi connectivity index (χ1v) is 5.75. The molecule has 0 aliphatic heterocycles. The van der Waals surface area contributed by atoms with Gasteiger partial charge in [-0.15, -0.1) is 0 Å². The fourth-order valence-corrected chi connectivity index (χ4v) is 1.82. The zero-order chi connectivity index (χ0) is 14.0. The first kappa shape index (κ1) is 13.1. The average Bonchev–Trinajstić information content (AvgIpc) is 2.74. The van der Waals surface area contributed by atoms with Crippen LogP contribution in [0.25, 0.3) is 11.3 Å². The first-order chi connectivity index (χ1) is 9.04. The van der Waals surface area contributed by atoms with Gasteiger partial charge >= 0.3 is 5.97 Å². The van der Waals surface area contributed by atoms with E-state index in [1.165, 1.54) is 12.1 Å². The van der Waals surface area contributed by atoms with Crippen LogP contribution in [0, 0.1) is 12.7 Å². The molecule has 0 saturated carbocycles. The van der Waals surface area contributed by atoms with Crippen molar-refractivity contribution in [3.05, 3.63) is 35.3 Å². The summed E-state index contributed by atoms with van der Waals surface area (Å²) in [6.07, 6.45) is 0. The number of aryl methyl sites for hydroxylation is 1. The first-order valence-electron chi connectivity index (χ1n) is 5.75. The molecule has 0 atom stereocenters. The number of aromatic amines is 1. The minimum Gasteiger partial charge on any atom is -0.491 e. The van der Waals surface area contributed by atoms with E-state index in [1.54, 1.807) is 19.9 Å². The summed E-state index contributed by atoms with van der Waals surface area (Å²) in [6.45, 7) is 3.72. The van der Waals surface area contributed by atoms with Crippen LogP contribution < -0.4 is 4.74 Å². The van der Waals surface area contributed by atoms with Crippen LogP contribution in [0.4, 0.5) is 4.39 Å². The van der Waals surface area contributed by atoms with Gasteiger partial charge in [-0.05, 0) is 32.0 Å². The van der Waals surface area contributed by atoms with E-state index in [4.69, 9.17) is 9.84 Å². The molecular weight excluding hydrogens is 251 g/mol. The van der Waals surface area contributed by atoms with Crippen LogP contribution in [0.1, 0.15) is 23.0 Å². The summed E-state index contributed by atoms with van der Waals surface area (Å²) in [7, 11) is 0. The molecule has 0 bridgehead atoms. The summed E-state index contributed by atoms with van der Waals surface area (Å²) in [4.78, 5) is 11.2. The smallest absolute Gasteiger partial charge is 0.339 e. The van der Waals surface area contributed by atoms with Crippen molar-refractivity contribution in [3.8, 4) is 17.0 Å². The molecule has 2 rings (SSSR count). The number of carboxylic acids is 1. The molecule has 0 unspecified atom stereocenters. The molecule has 1 aromatic heterocycles. The molecule has 0 aliphatic carbocycles. The third kappa shape index (κ3) is 2.42. The lowest BCUT2D eigenvalue weighted by atomic mass is 10.1. The SMILES string of the molecule is CCOc1ccc(-c2n[nH]c(C)c2C(=O)O)cc1F. The second-order valence-corrected chi connectivity index (χ2v) is 3.96. The third-order valence-corrected chi connectivity index (χ3v) is 2.67. The van der Waals surface area contributed by atoms with Gasteiger partial charge in [0, 0.05) is 11.3 Å². The highest BCUT2D eigenvalue weighted by Gasteiger charge is 2.19. The number of aromatic nitrogens is 2. The van der Waals surface area contributed by atoms with E-state index in [0.29, 0.717) is 17.9 Å². The summed E-state index contributed by atoms with van der Waals surface area (Å²) >= 11 is 0. The quantitative estimate of drug-likeness (QED) is 0.890. The molecule has 1 aromatic carbocycles. The van der Waals surface area contributed by atoms with Crippen molar-refractivity contribution >= 4 is 5.97 Å². The van der Waals surface area contributed by atoms with Crippen molar-refractivity contribution in [2.24, 2.45) is 0 Å². The number of nitrogens with zero attached hydrogens (tertiary/aromatic N) is 1. The van der Waals surface area contributed by atoms with Crippen molar-refractivity contribution in [3.63, 3.8) is 0 Å². The van der Waals surface area contributed by atoms with Crippen molar-refractivity contribution in [2.75, 3.05) is 6.61 Å². The van der Waals surface area contributed by atoms with E-state index in [9.17, 15) is 9.18 Å². The number of aromatic carboxylic acids is 1. The zero-order valence-corrected chi connectivity index (χ0v) is 10.5. The van der Waals surface area contributed by atoms with Gasteiger partial charge in [0.2, 0.25) is 0 Å². The van der Waals surface area contributed by atoms with Crippen LogP contribution in [-0.4, -0.2) is 27.9 Å². The Morgan fingerprint density at radius 1 is 1.53 bits per heavy atom. The molecule has 0 aliphatic rings. The fraction of sp³-hybridized carbons (Fsp3) is 0.231. The van der Waals surface area contributed by atoms with Gasteiger partial charge in [0.25, 0.3) is 0 Å². The second kappa shape index (κ2) is 5.09. The van der Waals surface area contributed by atoms with Gasteiger partial charge in [-0.25, -0.2) is 9.18 Å². The molecule has 0 amide bonds. The Morgan fingerprint density at radius 2 is 2.26 bits per heavy atom. The average molecular weight is 264 g/mol. The number of nitrogens with one attached hydrogen (secondary N) is 1. The lowest BCUT2D eigenvalue weighted by Crippen LogP contribution is -2.00. The van der Waals surface area contributed by atoms with Crippen LogP contribution >= 0.6 is 0 Å². The number of benzene rings is 1. The molecule has 0 spiro atoms. The zero-order valence-electron chi connectivity index (χ0n) is 10.5. The van der Waals surface area contributed by atoms with Crippen molar-refractivity contribution < 1.29 is 19.0 Å². The predicted molar refractivity (Wildman–Crippen MR) is 66.8 cm³/mol. The standard InChI is InChI=1S/C13H13FN2O3/c1-3-19-10-5-4-8(6-9(10)14)12-11(13(17)18)7(2)15-16-12/h4-6H,3H2,1-2H3,(H,15,16)(H,17,18). The number of rotatable bonds is 4. The number of carbonyl (C=O) groups is 1. The van der Waals surface area contributed by atoms with Crippen molar-refractivity contribution in [1.82, 2.24) is 10.2 Å². The molecule has 100 valence electrons. The Hall–Kier alpha value is -2.37. The van der Waals surface area contributed by atoms with Crippen molar-refractivity contribution in [2.45, 2.75) is 13.8 Å². The molecule has 19 heavy (non-hydrogen) atoms. The Morgan fingerprint density at radius 3 is 2.84 bits per heavy atom. The van der Waals surface area contributed by atoms with E-state index >= 15 is 0 Å². The summed E-state index contributed by atoms with van der Waals surface area (Å²) in [5, 5.41) is 15.6. The second-order valence-electron chi connectivity index (χ2n) is 3.96. The van der Waals surface area contributed by atoms with Crippen LogP contribution in [0.2, 0.25) is 0 Å². The Kier molecular flexibility index (Phi) is 3.50. The fourth-order valence-electron chi connectivity index (χ4n) is 1.82. The molecule has 0 radical (unpaired) electrons. The summed E-state index contributed by atoms with van der Waals surface area (Å²) in [5.74, 6) is -1.51. The maximum absolute atomic E-state index is 13.8. The van der Waals surface area contributed by atoms with E-state index in [1.807, 2.05) is 0 Å². The topological polar surface area (TPSA) is 75.2 Å². The summed E-state index contributed by atoms with van der Waals surface area (Å²) in [6, 6.07) is 4.26. The Bertz CT molecular complexity index is 622. The lowest BCUT2D eigenvalue weighted by Gasteiger charge is -2.06. The van der Waals surface area contributed by atoms with E-state index in [2.05, 4.69) is 10.2 Å². The predicted octanol–water partition coefficient (Wildman–Crippen LogP) is 2.62. The maximum Gasteiger partial charge on any atom is 0.339 e. The molecule has 0 saturated heterocycles. The van der Waals surface area contributed by atoms with Crippen molar-refractivity contribution in [1.29, 1.82) is 0 Å². The van der Waals surface area contributed by atoms with Gasteiger partial charge in [-0.2, -0.15) is 5.10 Å². The summed E-state index contributed by atoms with van der Waals surface area (Å²) < 4.78 is 18.8. The van der Waals surface area contributed by atoms with Gasteiger partial charge in [-0.3, -0.25) is 5.10 Å². The highest BCUT2D eigenvalue weighted by Crippen LogP contribution is 2.28. The minimum atomic E-state index is -1.10. The normalized spacial score (nSPS) is 10.5. The number of halogens is 1. The van der Waals surface area contributed by atoms with E-state index in [0.717, 1.165) is 0 Å². The van der Waals surface area contributed by atoms with Crippen LogP contribution in [0.5, 0.6) is 5.75 Å². The number of hydrogen-bond donors (Lipinski definition) is 2. The monoisotopic (exact) mass is 264 g/mol. The molecule has 1 heterocycles. The van der Waals surface area contributed by atoms with E-state index < -0.39 is 11.8 Å². The molecular formula is C13H13FN2O3. The van der Waals surface area contributed by atoms with Gasteiger partial charge in [0.1, 0.15) is 11.3 Å². The molecule has 2 N–H and O–H groups in total. The largest absolute Gasteiger partial charge is 0.491 e. The van der Waals surface area contributed by atoms with Gasteiger partial charge < -0.3 is 9.84 Å². The number of hydrogen-bond acceptors (Lipinski definition) is 3. The summed E-state index contributed by atoms with van der Waals surface area (Å²) in [5.41, 5.74) is 1.08. The highest BCUT2D eigenvalue weighted by atomic mass is 19.1. The maximum atomic E-state index is 13.8.